The Morgan fingerprint density at radius 1 is 1.70 bits per heavy atom. The maximum absolute atomic E-state index is 10.9. The summed E-state index contributed by atoms with van der Waals surface area (Å²) in [6, 6.07) is -0.352. The average Bonchev–Trinajstić information content (AvgIpc) is 2.00. The standard InChI is InChI=1S/C7H16N2O/c1-4-5(2)6(8)7(10)9-3/h5-6H,4,8H2,1-3H3,(H,9,10)/t5-,6?/m0/s1. The third-order valence-corrected chi connectivity index (χ3v) is 1.81. The number of carbonyl (C=O) groups excluding carboxylic acids is 1. The molecule has 0 aliphatic carbocycles. The van der Waals surface area contributed by atoms with E-state index < -0.39 is 0 Å². The van der Waals surface area contributed by atoms with Crippen LogP contribution in [0.1, 0.15) is 20.3 Å². The molecule has 1 amide bonds. The second-order valence-corrected chi connectivity index (χ2v) is 2.53. The van der Waals surface area contributed by atoms with Crippen LogP contribution in [0.2, 0.25) is 0 Å². The Balaban J connectivity index is 3.81. The lowest BCUT2D eigenvalue weighted by molar-refractivity contribution is -0.122. The van der Waals surface area contributed by atoms with Crippen LogP contribution in [0.5, 0.6) is 0 Å². The number of amides is 1. The fraction of sp³-hybridized carbons (Fsp3) is 0.857. The number of nitrogens with two attached hydrogens (primary N) is 1. The summed E-state index contributed by atoms with van der Waals surface area (Å²) in [5.41, 5.74) is 5.57. The first-order chi connectivity index (χ1) is 4.63. The molecule has 60 valence electrons. The molecule has 3 nitrogen and oxygen atoms in total. The molecule has 0 rings (SSSR count). The van der Waals surface area contributed by atoms with Crippen molar-refractivity contribution in [3.63, 3.8) is 0 Å². The highest BCUT2D eigenvalue weighted by atomic mass is 16.2. The molecule has 0 aliphatic heterocycles. The fourth-order valence-electron chi connectivity index (χ4n) is 0.679. The Labute approximate surface area is 62.0 Å². The molecule has 2 atom stereocenters. The van der Waals surface area contributed by atoms with E-state index in [-0.39, 0.29) is 17.9 Å². The number of hydrogen-bond donors (Lipinski definition) is 2. The Kier molecular flexibility index (Phi) is 4.03. The Hall–Kier alpha value is -0.570. The van der Waals surface area contributed by atoms with Crippen molar-refractivity contribution in [1.29, 1.82) is 0 Å². The third-order valence-electron chi connectivity index (χ3n) is 1.81. The first-order valence-electron chi connectivity index (χ1n) is 3.60. The molecule has 0 aliphatic rings. The van der Waals surface area contributed by atoms with Crippen molar-refractivity contribution in [3.8, 4) is 0 Å². The first kappa shape index (κ1) is 9.43. The summed E-state index contributed by atoms with van der Waals surface area (Å²) in [6.07, 6.45) is 0.939. The summed E-state index contributed by atoms with van der Waals surface area (Å²) in [5.74, 6) is 0.189. The van der Waals surface area contributed by atoms with E-state index in [1.807, 2.05) is 13.8 Å². The molecule has 0 heterocycles. The molecule has 0 saturated carbocycles. The number of carbonyl (C=O) groups is 1. The summed E-state index contributed by atoms with van der Waals surface area (Å²) in [7, 11) is 1.60. The molecule has 10 heavy (non-hydrogen) atoms. The Bertz CT molecular complexity index is 114. The van der Waals surface area contributed by atoms with Gasteiger partial charge >= 0.3 is 0 Å². The first-order valence-corrected chi connectivity index (χ1v) is 3.60. The molecule has 0 spiro atoms. The van der Waals surface area contributed by atoms with Crippen LogP contribution in [0.15, 0.2) is 0 Å². The second kappa shape index (κ2) is 4.28. The zero-order valence-electron chi connectivity index (χ0n) is 6.85. The van der Waals surface area contributed by atoms with Crippen molar-refractivity contribution in [2.75, 3.05) is 7.05 Å². The molecule has 1 unspecified atom stereocenters. The van der Waals surface area contributed by atoms with E-state index >= 15 is 0 Å². The normalized spacial score (nSPS) is 16.0. The van der Waals surface area contributed by atoms with Crippen LogP contribution < -0.4 is 11.1 Å². The fourth-order valence-corrected chi connectivity index (χ4v) is 0.679. The van der Waals surface area contributed by atoms with Gasteiger partial charge in [0.1, 0.15) is 0 Å². The highest BCUT2D eigenvalue weighted by Crippen LogP contribution is 2.04. The maximum Gasteiger partial charge on any atom is 0.236 e. The van der Waals surface area contributed by atoms with Gasteiger partial charge in [-0.3, -0.25) is 4.79 Å². The molecule has 0 aromatic heterocycles. The monoisotopic (exact) mass is 144 g/mol. The molecular weight excluding hydrogens is 128 g/mol. The Morgan fingerprint density at radius 3 is 2.50 bits per heavy atom. The van der Waals surface area contributed by atoms with E-state index in [1.54, 1.807) is 7.05 Å². The molecule has 3 heteroatoms. The largest absolute Gasteiger partial charge is 0.358 e. The van der Waals surface area contributed by atoms with Gasteiger partial charge in [-0.1, -0.05) is 20.3 Å². The van der Waals surface area contributed by atoms with E-state index in [1.165, 1.54) is 0 Å². The van der Waals surface area contributed by atoms with E-state index in [9.17, 15) is 4.79 Å². The van der Waals surface area contributed by atoms with Crippen molar-refractivity contribution < 1.29 is 4.79 Å². The summed E-state index contributed by atoms with van der Waals surface area (Å²) in [5, 5.41) is 2.52. The average molecular weight is 144 g/mol. The van der Waals surface area contributed by atoms with Crippen molar-refractivity contribution in [3.05, 3.63) is 0 Å². The number of likely N-dealkylation sites (N-methyl/N-ethyl adjacent to an activating group) is 1. The van der Waals surface area contributed by atoms with Crippen LogP contribution in [-0.2, 0) is 4.79 Å². The molecule has 0 bridgehead atoms. The van der Waals surface area contributed by atoms with Gasteiger partial charge < -0.3 is 11.1 Å². The summed E-state index contributed by atoms with van der Waals surface area (Å²) in [6.45, 7) is 3.99. The minimum absolute atomic E-state index is 0.0747. The lowest BCUT2D eigenvalue weighted by atomic mass is 10.00. The van der Waals surface area contributed by atoms with Crippen molar-refractivity contribution >= 4 is 5.91 Å². The smallest absolute Gasteiger partial charge is 0.236 e. The minimum atomic E-state index is -0.352. The highest BCUT2D eigenvalue weighted by molar-refractivity contribution is 5.81. The van der Waals surface area contributed by atoms with Crippen LogP contribution in [0.3, 0.4) is 0 Å². The van der Waals surface area contributed by atoms with Crippen molar-refractivity contribution in [1.82, 2.24) is 5.32 Å². The van der Waals surface area contributed by atoms with Gasteiger partial charge in [0, 0.05) is 7.05 Å². The summed E-state index contributed by atoms with van der Waals surface area (Å²) in [4.78, 5) is 10.9. The maximum atomic E-state index is 10.9. The van der Waals surface area contributed by atoms with Gasteiger partial charge in [-0.2, -0.15) is 0 Å². The van der Waals surface area contributed by atoms with Gasteiger partial charge in [-0.25, -0.2) is 0 Å². The van der Waals surface area contributed by atoms with Crippen LogP contribution in [-0.4, -0.2) is 19.0 Å². The lowest BCUT2D eigenvalue weighted by Gasteiger charge is -2.15. The predicted molar refractivity (Wildman–Crippen MR) is 41.5 cm³/mol. The number of hydrogen-bond acceptors (Lipinski definition) is 2. The van der Waals surface area contributed by atoms with Gasteiger partial charge in [-0.15, -0.1) is 0 Å². The predicted octanol–water partition coefficient (Wildman–Crippen LogP) is 0.106. The van der Waals surface area contributed by atoms with Gasteiger partial charge in [-0.05, 0) is 5.92 Å². The molecule has 0 saturated heterocycles. The zero-order valence-corrected chi connectivity index (χ0v) is 6.85. The molecule has 0 aromatic rings. The van der Waals surface area contributed by atoms with Crippen LogP contribution in [0.4, 0.5) is 0 Å². The van der Waals surface area contributed by atoms with Crippen molar-refractivity contribution in [2.45, 2.75) is 26.3 Å². The Morgan fingerprint density at radius 2 is 2.20 bits per heavy atom. The molecule has 0 aromatic carbocycles. The van der Waals surface area contributed by atoms with E-state index in [4.69, 9.17) is 5.73 Å². The molecule has 3 N–H and O–H groups in total. The van der Waals surface area contributed by atoms with Crippen LogP contribution in [0, 0.1) is 5.92 Å². The SMILES string of the molecule is CC[C@H](C)C(N)C(=O)NC. The van der Waals surface area contributed by atoms with Gasteiger partial charge in [0.25, 0.3) is 0 Å². The molecule has 0 fully saturated rings. The van der Waals surface area contributed by atoms with Crippen LogP contribution >= 0.6 is 0 Å². The van der Waals surface area contributed by atoms with Gasteiger partial charge in [0.2, 0.25) is 5.91 Å². The van der Waals surface area contributed by atoms with Crippen LogP contribution in [0.25, 0.3) is 0 Å². The number of rotatable bonds is 3. The van der Waals surface area contributed by atoms with Gasteiger partial charge in [0.15, 0.2) is 0 Å². The van der Waals surface area contributed by atoms with E-state index in [2.05, 4.69) is 5.32 Å². The molecule has 0 radical (unpaired) electrons. The quantitative estimate of drug-likeness (QED) is 0.590. The zero-order chi connectivity index (χ0) is 8.15. The highest BCUT2D eigenvalue weighted by Gasteiger charge is 2.17. The lowest BCUT2D eigenvalue weighted by Crippen LogP contribution is -2.43. The second-order valence-electron chi connectivity index (χ2n) is 2.53. The molecular formula is C7H16N2O. The van der Waals surface area contributed by atoms with Crippen molar-refractivity contribution in [2.24, 2.45) is 11.7 Å². The third kappa shape index (κ3) is 2.35. The topological polar surface area (TPSA) is 55.1 Å². The number of nitrogens with one attached hydrogen (secondary N) is 1. The van der Waals surface area contributed by atoms with Gasteiger partial charge in [0.05, 0.1) is 6.04 Å². The minimum Gasteiger partial charge on any atom is -0.358 e. The van der Waals surface area contributed by atoms with E-state index in [0.717, 1.165) is 6.42 Å². The summed E-state index contributed by atoms with van der Waals surface area (Å²) >= 11 is 0. The van der Waals surface area contributed by atoms with E-state index in [0.29, 0.717) is 0 Å². The summed E-state index contributed by atoms with van der Waals surface area (Å²) < 4.78 is 0.